The Balaban J connectivity index is 0.00000512. The summed E-state index contributed by atoms with van der Waals surface area (Å²) in [5.74, 6) is 1.51. The minimum atomic E-state index is -3.35. The topological polar surface area (TPSA) is 91.8 Å². The van der Waals surface area contributed by atoms with Crippen molar-refractivity contribution in [1.82, 2.24) is 10.6 Å². The lowest BCUT2D eigenvalue weighted by Gasteiger charge is -2.16. The maximum absolute atomic E-state index is 11.6. The van der Waals surface area contributed by atoms with Gasteiger partial charge in [0.2, 0.25) is 10.0 Å². The highest BCUT2D eigenvalue weighted by Crippen LogP contribution is 2.21. The van der Waals surface area contributed by atoms with E-state index in [4.69, 9.17) is 4.74 Å². The van der Waals surface area contributed by atoms with Crippen LogP contribution in [0.25, 0.3) is 0 Å². The van der Waals surface area contributed by atoms with Gasteiger partial charge in [0.25, 0.3) is 0 Å². The molecule has 0 aliphatic carbocycles. The summed E-state index contributed by atoms with van der Waals surface area (Å²) in [6.45, 7) is 5.93. The lowest BCUT2D eigenvalue weighted by Crippen LogP contribution is -2.36. The quantitative estimate of drug-likeness (QED) is 0.160. The largest absolute Gasteiger partial charge is 0.493 e. The Hall–Kier alpha value is -2.01. The second-order valence-corrected chi connectivity index (χ2v) is 9.23. The van der Waals surface area contributed by atoms with Gasteiger partial charge in [-0.15, -0.1) is 24.0 Å². The Bertz CT molecular complexity index is 981. The molecule has 178 valence electrons. The number of sulfonamides is 1. The number of halogens is 1. The van der Waals surface area contributed by atoms with Crippen LogP contribution in [0.4, 0.5) is 5.69 Å². The maximum atomic E-state index is 11.6. The zero-order chi connectivity index (χ0) is 22.7. The van der Waals surface area contributed by atoms with E-state index < -0.39 is 10.0 Å². The van der Waals surface area contributed by atoms with Gasteiger partial charge in [0.15, 0.2) is 5.96 Å². The van der Waals surface area contributed by atoms with Gasteiger partial charge in [0.1, 0.15) is 5.75 Å². The van der Waals surface area contributed by atoms with E-state index in [0.717, 1.165) is 48.0 Å². The number of guanidine groups is 1. The van der Waals surface area contributed by atoms with Gasteiger partial charge in [0.05, 0.1) is 18.6 Å². The van der Waals surface area contributed by atoms with E-state index in [0.29, 0.717) is 31.3 Å². The number of para-hydroxylation sites is 1. The lowest BCUT2D eigenvalue weighted by molar-refractivity contribution is 0.303. The van der Waals surface area contributed by atoms with Crippen LogP contribution in [-0.2, 0) is 23.1 Å². The number of anilines is 1. The molecule has 0 atom stereocenters. The molecule has 0 aliphatic rings. The third-order valence-corrected chi connectivity index (χ3v) is 5.25. The normalized spacial score (nSPS) is 11.4. The van der Waals surface area contributed by atoms with Gasteiger partial charge in [0, 0.05) is 25.7 Å². The van der Waals surface area contributed by atoms with E-state index in [2.05, 4.69) is 52.4 Å². The van der Waals surface area contributed by atoms with E-state index in [1.807, 2.05) is 12.1 Å². The van der Waals surface area contributed by atoms with Crippen molar-refractivity contribution in [3.63, 3.8) is 0 Å². The van der Waals surface area contributed by atoms with Crippen LogP contribution in [-0.4, -0.2) is 34.3 Å². The summed E-state index contributed by atoms with van der Waals surface area (Å²) >= 11 is 0. The van der Waals surface area contributed by atoms with Crippen LogP contribution in [0.5, 0.6) is 5.75 Å². The van der Waals surface area contributed by atoms with Gasteiger partial charge in [-0.05, 0) is 36.6 Å². The summed E-state index contributed by atoms with van der Waals surface area (Å²) in [5, 5.41) is 6.54. The summed E-state index contributed by atoms with van der Waals surface area (Å²) < 4.78 is 31.7. The molecule has 0 unspecified atom stereocenters. The fourth-order valence-corrected chi connectivity index (χ4v) is 3.63. The van der Waals surface area contributed by atoms with Gasteiger partial charge in [-0.3, -0.25) is 9.71 Å². The Morgan fingerprint density at radius 3 is 2.38 bits per heavy atom. The summed E-state index contributed by atoms with van der Waals surface area (Å²) in [6.07, 6.45) is 4.50. The molecule has 7 nitrogen and oxygen atoms in total. The molecule has 0 fully saturated rings. The molecule has 2 rings (SSSR count). The van der Waals surface area contributed by atoms with Crippen LogP contribution in [0.1, 0.15) is 42.9 Å². The molecule has 0 saturated carbocycles. The molecule has 0 spiro atoms. The maximum Gasteiger partial charge on any atom is 0.229 e. The lowest BCUT2D eigenvalue weighted by atomic mass is 10.1. The average molecular weight is 575 g/mol. The predicted octanol–water partition coefficient (Wildman–Crippen LogP) is 4.42. The molecule has 9 heteroatoms. The van der Waals surface area contributed by atoms with Crippen molar-refractivity contribution in [1.29, 1.82) is 0 Å². The number of aryl methyl sites for hydroxylation is 1. The second-order valence-electron chi connectivity index (χ2n) is 7.48. The van der Waals surface area contributed by atoms with E-state index in [9.17, 15) is 8.42 Å². The number of unbranched alkanes of at least 4 members (excludes halogenated alkanes) is 2. The van der Waals surface area contributed by atoms with Crippen molar-refractivity contribution < 1.29 is 13.2 Å². The minimum absolute atomic E-state index is 0. The second kappa shape index (κ2) is 14.2. The molecule has 0 aliphatic heterocycles. The smallest absolute Gasteiger partial charge is 0.229 e. The molecule has 0 amide bonds. The minimum Gasteiger partial charge on any atom is -0.493 e. The molecule has 2 aromatic rings. The van der Waals surface area contributed by atoms with E-state index in [1.54, 1.807) is 19.2 Å². The van der Waals surface area contributed by atoms with Gasteiger partial charge >= 0.3 is 0 Å². The predicted molar refractivity (Wildman–Crippen MR) is 144 cm³/mol. The molecule has 0 bridgehead atoms. The van der Waals surface area contributed by atoms with Crippen LogP contribution in [0.2, 0.25) is 0 Å². The number of nitrogens with one attached hydrogen (secondary N) is 3. The third kappa shape index (κ3) is 10.1. The summed E-state index contributed by atoms with van der Waals surface area (Å²) in [7, 11) is -1.65. The molecule has 32 heavy (non-hydrogen) atoms. The first-order valence-corrected chi connectivity index (χ1v) is 12.4. The Kier molecular flexibility index (Phi) is 12.4. The fraction of sp³-hybridized carbons (Fsp3) is 0.435. The van der Waals surface area contributed by atoms with Crippen LogP contribution < -0.4 is 20.1 Å². The fourth-order valence-electron chi connectivity index (χ4n) is 3.03. The Morgan fingerprint density at radius 1 is 1.03 bits per heavy atom. The van der Waals surface area contributed by atoms with E-state index in [-0.39, 0.29) is 24.0 Å². The SMILES string of the molecule is CCCCCOc1cc(C)ccc1CNC(=NC)NCc1ccccc1NS(C)(=O)=O.I. The zero-order valence-electron chi connectivity index (χ0n) is 19.3. The first-order valence-electron chi connectivity index (χ1n) is 10.5. The van der Waals surface area contributed by atoms with Crippen LogP contribution in [0, 0.1) is 6.92 Å². The molecule has 0 saturated heterocycles. The number of aliphatic imine (C=N–C) groups is 1. The van der Waals surface area contributed by atoms with Crippen molar-refractivity contribution >= 4 is 45.6 Å². The number of hydrogen-bond acceptors (Lipinski definition) is 4. The average Bonchev–Trinajstić information content (AvgIpc) is 2.72. The van der Waals surface area contributed by atoms with Gasteiger partial charge in [-0.1, -0.05) is 50.1 Å². The number of rotatable bonds is 11. The van der Waals surface area contributed by atoms with Crippen molar-refractivity contribution in [2.24, 2.45) is 4.99 Å². The third-order valence-electron chi connectivity index (χ3n) is 4.66. The van der Waals surface area contributed by atoms with Crippen molar-refractivity contribution in [2.45, 2.75) is 46.2 Å². The number of ether oxygens (including phenoxy) is 1. The van der Waals surface area contributed by atoms with Gasteiger partial charge < -0.3 is 15.4 Å². The Morgan fingerprint density at radius 2 is 1.72 bits per heavy atom. The zero-order valence-corrected chi connectivity index (χ0v) is 22.4. The van der Waals surface area contributed by atoms with Crippen molar-refractivity contribution in [3.05, 3.63) is 59.2 Å². The number of hydrogen-bond donors (Lipinski definition) is 3. The highest BCUT2D eigenvalue weighted by molar-refractivity contribution is 14.0. The number of benzene rings is 2. The molecule has 2 aromatic carbocycles. The first-order chi connectivity index (χ1) is 14.8. The molecule has 3 N–H and O–H groups in total. The molecule has 0 aromatic heterocycles. The van der Waals surface area contributed by atoms with Crippen molar-refractivity contribution in [2.75, 3.05) is 24.6 Å². The van der Waals surface area contributed by atoms with Crippen LogP contribution in [0.3, 0.4) is 0 Å². The van der Waals surface area contributed by atoms with Crippen molar-refractivity contribution in [3.8, 4) is 5.75 Å². The highest BCUT2D eigenvalue weighted by Gasteiger charge is 2.09. The van der Waals surface area contributed by atoms with Gasteiger partial charge in [-0.2, -0.15) is 0 Å². The molecule has 0 radical (unpaired) electrons. The van der Waals surface area contributed by atoms with Gasteiger partial charge in [-0.25, -0.2) is 8.42 Å². The van der Waals surface area contributed by atoms with Crippen LogP contribution in [0.15, 0.2) is 47.5 Å². The molecular weight excluding hydrogens is 539 g/mol. The number of nitrogens with zero attached hydrogens (tertiary/aromatic N) is 1. The summed E-state index contributed by atoms with van der Waals surface area (Å²) in [5.41, 5.74) is 3.59. The highest BCUT2D eigenvalue weighted by atomic mass is 127. The standard InChI is InChI=1S/C23H34N4O3S.HI/c1-5-6-9-14-30-22-15-18(2)12-13-20(22)17-26-23(24-3)25-16-19-10-7-8-11-21(19)27-31(4,28)29;/h7-8,10-13,15,27H,5-6,9,14,16-17H2,1-4H3,(H2,24,25,26);1H. The summed E-state index contributed by atoms with van der Waals surface area (Å²) in [4.78, 5) is 4.27. The van der Waals surface area contributed by atoms with E-state index >= 15 is 0 Å². The monoisotopic (exact) mass is 574 g/mol. The Labute approximate surface area is 209 Å². The van der Waals surface area contributed by atoms with E-state index in [1.165, 1.54) is 0 Å². The molecule has 0 heterocycles. The summed E-state index contributed by atoms with van der Waals surface area (Å²) in [6, 6.07) is 13.5. The first kappa shape index (κ1) is 28.0. The molecular formula is C23H35IN4O3S. The van der Waals surface area contributed by atoms with Crippen LogP contribution >= 0.6 is 24.0 Å².